The second-order valence-corrected chi connectivity index (χ2v) is 5.62. The molecule has 0 aromatic carbocycles. The van der Waals surface area contributed by atoms with Gasteiger partial charge in [-0.2, -0.15) is 0 Å². The fourth-order valence-electron chi connectivity index (χ4n) is 1.94. The summed E-state index contributed by atoms with van der Waals surface area (Å²) in [6.45, 7) is -0.623. The van der Waals surface area contributed by atoms with E-state index in [1.807, 2.05) is 0 Å². The Labute approximate surface area is 129 Å². The van der Waals surface area contributed by atoms with Gasteiger partial charge in [-0.3, -0.25) is 0 Å². The fourth-order valence-corrected chi connectivity index (χ4v) is 2.59. The van der Waals surface area contributed by atoms with Crippen molar-refractivity contribution in [3.05, 3.63) is 28.1 Å². The fraction of sp³-hybridized carbons (Fsp3) is 0.462. The summed E-state index contributed by atoms with van der Waals surface area (Å²) in [6, 6.07) is 3.40. The van der Waals surface area contributed by atoms with E-state index in [0.29, 0.717) is 4.88 Å². The standard InChI is InChI=1S/C13H16O8S/c14-5-8-9(15)10(16)11(17)13(21-8)20-7(12(18)19)4-6-2-1-3-22-6/h1-4,8-11,13-17H,5H2,(H,18,19)/t8-,9-,10+,11-,13-/m0/s1. The number of thiophene rings is 1. The van der Waals surface area contributed by atoms with E-state index in [9.17, 15) is 20.1 Å². The molecule has 0 spiro atoms. The number of rotatable bonds is 5. The van der Waals surface area contributed by atoms with E-state index in [-0.39, 0.29) is 0 Å². The minimum absolute atomic E-state index is 0.494. The van der Waals surface area contributed by atoms with Crippen LogP contribution in [0.5, 0.6) is 0 Å². The van der Waals surface area contributed by atoms with Crippen LogP contribution in [0.2, 0.25) is 0 Å². The second kappa shape index (κ2) is 7.18. The molecule has 0 bridgehead atoms. The van der Waals surface area contributed by atoms with E-state index in [4.69, 9.17) is 19.7 Å². The van der Waals surface area contributed by atoms with Gasteiger partial charge in [0.25, 0.3) is 0 Å². The number of aliphatic hydroxyl groups is 4. The Morgan fingerprint density at radius 2 is 2.05 bits per heavy atom. The number of ether oxygens (including phenoxy) is 2. The molecule has 0 aliphatic carbocycles. The average Bonchev–Trinajstić information content (AvgIpc) is 2.99. The lowest BCUT2D eigenvalue weighted by Crippen LogP contribution is -2.59. The zero-order chi connectivity index (χ0) is 16.3. The molecule has 9 heteroatoms. The van der Waals surface area contributed by atoms with Crippen LogP contribution < -0.4 is 0 Å². The van der Waals surface area contributed by atoms with Gasteiger partial charge < -0.3 is 35.0 Å². The minimum atomic E-state index is -1.66. The van der Waals surface area contributed by atoms with Crippen LogP contribution in [0, 0.1) is 0 Å². The Morgan fingerprint density at radius 1 is 1.32 bits per heavy atom. The Morgan fingerprint density at radius 3 is 2.59 bits per heavy atom. The minimum Gasteiger partial charge on any atom is -0.475 e. The molecule has 5 N–H and O–H groups in total. The smallest absolute Gasteiger partial charge is 0.371 e. The van der Waals surface area contributed by atoms with Crippen molar-refractivity contribution in [1.29, 1.82) is 0 Å². The number of carboxylic acid groups (broad SMARTS) is 1. The number of hydrogen-bond acceptors (Lipinski definition) is 8. The van der Waals surface area contributed by atoms with Crippen molar-refractivity contribution < 1.29 is 39.8 Å². The molecule has 1 aliphatic rings. The molecule has 1 fully saturated rings. The summed E-state index contributed by atoms with van der Waals surface area (Å²) in [5.74, 6) is -1.88. The molecule has 0 saturated carbocycles. The number of aliphatic hydroxyl groups excluding tert-OH is 4. The first-order valence-electron chi connectivity index (χ1n) is 6.39. The molecule has 2 rings (SSSR count). The molecular formula is C13H16O8S. The van der Waals surface area contributed by atoms with Crippen LogP contribution in [0.3, 0.4) is 0 Å². The molecule has 1 aliphatic heterocycles. The molecule has 5 atom stereocenters. The summed E-state index contributed by atoms with van der Waals surface area (Å²) in [5.41, 5.74) is 0. The first-order chi connectivity index (χ1) is 10.4. The zero-order valence-electron chi connectivity index (χ0n) is 11.3. The Kier molecular flexibility index (Phi) is 5.51. The molecule has 2 heterocycles. The summed E-state index contributed by atoms with van der Waals surface area (Å²) in [4.78, 5) is 11.8. The highest BCUT2D eigenvalue weighted by molar-refractivity contribution is 7.10. The topological polar surface area (TPSA) is 137 Å². The Bertz CT molecular complexity index is 526. The third-order valence-corrected chi connectivity index (χ3v) is 3.94. The largest absolute Gasteiger partial charge is 0.475 e. The van der Waals surface area contributed by atoms with E-state index in [2.05, 4.69) is 0 Å². The Balaban J connectivity index is 2.17. The van der Waals surface area contributed by atoms with Crippen molar-refractivity contribution in [3.63, 3.8) is 0 Å². The first-order valence-corrected chi connectivity index (χ1v) is 7.27. The van der Waals surface area contributed by atoms with Gasteiger partial charge in [0.15, 0.2) is 0 Å². The summed E-state index contributed by atoms with van der Waals surface area (Å²) in [5, 5.41) is 49.1. The SMILES string of the molecule is O=C(O)C(=Cc1cccs1)O[C@H]1O[C@@H](CO)[C@H](O)[C@@H](O)[C@@H]1O. The summed E-state index contributed by atoms with van der Waals surface area (Å²) in [6.07, 6.45) is -6.28. The molecule has 0 unspecified atom stereocenters. The third kappa shape index (κ3) is 3.64. The predicted octanol–water partition coefficient (Wildman–Crippen LogP) is -1.01. The van der Waals surface area contributed by atoms with Gasteiger partial charge in [0.1, 0.15) is 24.4 Å². The van der Waals surface area contributed by atoms with Gasteiger partial charge in [0, 0.05) is 11.0 Å². The summed E-state index contributed by atoms with van der Waals surface area (Å²) >= 11 is 1.29. The number of aliphatic carboxylic acids is 1. The zero-order valence-corrected chi connectivity index (χ0v) is 12.1. The van der Waals surface area contributed by atoms with Crippen molar-refractivity contribution in [3.8, 4) is 0 Å². The molecule has 1 aromatic rings. The van der Waals surface area contributed by atoms with Gasteiger partial charge in [-0.1, -0.05) is 6.07 Å². The van der Waals surface area contributed by atoms with E-state index in [1.54, 1.807) is 17.5 Å². The molecular weight excluding hydrogens is 316 g/mol. The highest BCUT2D eigenvalue weighted by atomic mass is 32.1. The molecule has 122 valence electrons. The Hall–Kier alpha value is -1.49. The van der Waals surface area contributed by atoms with E-state index in [0.717, 1.165) is 0 Å². The molecule has 1 saturated heterocycles. The molecule has 22 heavy (non-hydrogen) atoms. The van der Waals surface area contributed by atoms with E-state index in [1.165, 1.54) is 17.4 Å². The van der Waals surface area contributed by atoms with Gasteiger partial charge >= 0.3 is 5.97 Å². The number of carbonyl (C=O) groups is 1. The quantitative estimate of drug-likeness (QED) is 0.342. The van der Waals surface area contributed by atoms with E-state index < -0.39 is 49.0 Å². The van der Waals surface area contributed by atoms with Crippen LogP contribution in [0.4, 0.5) is 0 Å². The molecule has 0 amide bonds. The second-order valence-electron chi connectivity index (χ2n) is 4.64. The molecule has 1 aromatic heterocycles. The van der Waals surface area contributed by atoms with Crippen molar-refractivity contribution in [2.75, 3.05) is 6.61 Å². The predicted molar refractivity (Wildman–Crippen MR) is 74.8 cm³/mol. The number of hydrogen-bond donors (Lipinski definition) is 5. The van der Waals surface area contributed by atoms with E-state index >= 15 is 0 Å². The van der Waals surface area contributed by atoms with Gasteiger partial charge in [-0.25, -0.2) is 4.79 Å². The average molecular weight is 332 g/mol. The van der Waals surface area contributed by atoms with Gasteiger partial charge in [0.2, 0.25) is 12.0 Å². The maximum Gasteiger partial charge on any atom is 0.371 e. The number of carboxylic acids is 1. The van der Waals surface area contributed by atoms with Crippen LogP contribution in [0.15, 0.2) is 23.3 Å². The normalized spacial score (nSPS) is 32.7. The summed E-state index contributed by atoms with van der Waals surface area (Å²) < 4.78 is 10.2. The van der Waals surface area contributed by atoms with Crippen molar-refractivity contribution >= 4 is 23.4 Å². The third-order valence-electron chi connectivity index (χ3n) is 3.12. The van der Waals surface area contributed by atoms with Crippen LogP contribution in [0.25, 0.3) is 6.08 Å². The lowest BCUT2D eigenvalue weighted by Gasteiger charge is -2.39. The monoisotopic (exact) mass is 332 g/mol. The van der Waals surface area contributed by atoms with Gasteiger partial charge in [-0.05, 0) is 11.4 Å². The van der Waals surface area contributed by atoms with Crippen molar-refractivity contribution in [1.82, 2.24) is 0 Å². The molecule has 8 nitrogen and oxygen atoms in total. The van der Waals surface area contributed by atoms with Crippen LogP contribution in [-0.4, -0.2) is 68.8 Å². The van der Waals surface area contributed by atoms with Crippen LogP contribution >= 0.6 is 11.3 Å². The highest BCUT2D eigenvalue weighted by Crippen LogP contribution is 2.25. The summed E-state index contributed by atoms with van der Waals surface area (Å²) in [7, 11) is 0. The van der Waals surface area contributed by atoms with Gasteiger partial charge in [0.05, 0.1) is 6.61 Å². The molecule has 0 radical (unpaired) electrons. The van der Waals surface area contributed by atoms with Crippen LogP contribution in [0.1, 0.15) is 4.88 Å². The van der Waals surface area contributed by atoms with Crippen molar-refractivity contribution in [2.24, 2.45) is 0 Å². The lowest BCUT2D eigenvalue weighted by atomic mass is 9.99. The first kappa shape index (κ1) is 16.9. The lowest BCUT2D eigenvalue weighted by molar-refractivity contribution is -0.291. The highest BCUT2D eigenvalue weighted by Gasteiger charge is 2.45. The van der Waals surface area contributed by atoms with Crippen molar-refractivity contribution in [2.45, 2.75) is 30.7 Å². The maximum atomic E-state index is 11.2. The van der Waals surface area contributed by atoms with Crippen LogP contribution in [-0.2, 0) is 14.3 Å². The maximum absolute atomic E-state index is 11.2. The van der Waals surface area contributed by atoms with Gasteiger partial charge in [-0.15, -0.1) is 11.3 Å².